The number of anilines is 1. The number of nitrogens with zero attached hydrogens (tertiary/aromatic N) is 4. The molecule has 0 bridgehead atoms. The van der Waals surface area contributed by atoms with Gasteiger partial charge in [0.25, 0.3) is 11.5 Å². The van der Waals surface area contributed by atoms with Gasteiger partial charge in [-0.25, -0.2) is 4.98 Å². The van der Waals surface area contributed by atoms with Gasteiger partial charge in [-0.05, 0) is 36.5 Å². The highest BCUT2D eigenvalue weighted by Crippen LogP contribution is 2.32. The van der Waals surface area contributed by atoms with Crippen molar-refractivity contribution in [2.45, 2.75) is 26.3 Å². The molecule has 5 rings (SSSR count). The van der Waals surface area contributed by atoms with Crippen molar-refractivity contribution in [2.75, 3.05) is 24.8 Å². The Balaban J connectivity index is 1.34. The summed E-state index contributed by atoms with van der Waals surface area (Å²) in [7, 11) is 0. The summed E-state index contributed by atoms with van der Waals surface area (Å²) < 4.78 is 11.9. The van der Waals surface area contributed by atoms with Crippen molar-refractivity contribution in [2.24, 2.45) is 5.92 Å². The van der Waals surface area contributed by atoms with Crippen LogP contribution in [0.5, 0.6) is 11.5 Å². The lowest BCUT2D eigenvalue weighted by molar-refractivity contribution is 0.0948. The van der Waals surface area contributed by atoms with Crippen molar-refractivity contribution < 1.29 is 14.3 Å². The van der Waals surface area contributed by atoms with Gasteiger partial charge in [-0.15, -0.1) is 5.10 Å². The number of nitrogens with one attached hydrogen (secondary N) is 1. The standard InChI is InChI=1S/C20H21N5O4S/c1-12-3-2-6-24(10-12)20-23-25-18(27)14(9-22-19(25)30-20)17(26)21-8-13-4-5-15-16(7-13)29-11-28-15/h4-5,7,9,12H,2-3,6,8,10-11H2,1H3,(H,21,26). The second-order valence-corrected chi connectivity index (χ2v) is 8.55. The Hall–Kier alpha value is -3.14. The first-order valence-electron chi connectivity index (χ1n) is 9.89. The van der Waals surface area contributed by atoms with E-state index in [2.05, 4.69) is 27.2 Å². The molecule has 4 heterocycles. The number of piperidine rings is 1. The molecule has 0 saturated carbocycles. The summed E-state index contributed by atoms with van der Waals surface area (Å²) in [6.07, 6.45) is 3.63. The van der Waals surface area contributed by atoms with Gasteiger partial charge in [-0.2, -0.15) is 4.52 Å². The van der Waals surface area contributed by atoms with Crippen LogP contribution in [0, 0.1) is 5.92 Å². The Kier molecular flexibility index (Phi) is 4.78. The maximum Gasteiger partial charge on any atom is 0.288 e. The smallest absolute Gasteiger partial charge is 0.288 e. The fraction of sp³-hybridized carbons (Fsp3) is 0.400. The number of hydrogen-bond acceptors (Lipinski definition) is 8. The average molecular weight is 427 g/mol. The zero-order valence-electron chi connectivity index (χ0n) is 16.5. The summed E-state index contributed by atoms with van der Waals surface area (Å²) in [6, 6.07) is 5.45. The summed E-state index contributed by atoms with van der Waals surface area (Å²) in [5.41, 5.74) is 0.352. The number of rotatable bonds is 4. The van der Waals surface area contributed by atoms with Crippen molar-refractivity contribution in [3.8, 4) is 11.5 Å². The lowest BCUT2D eigenvalue weighted by atomic mass is 10.0. The Labute approximate surface area is 176 Å². The minimum absolute atomic E-state index is 0.0305. The van der Waals surface area contributed by atoms with E-state index in [1.807, 2.05) is 12.1 Å². The van der Waals surface area contributed by atoms with E-state index in [1.54, 1.807) is 6.07 Å². The van der Waals surface area contributed by atoms with E-state index in [9.17, 15) is 9.59 Å². The summed E-state index contributed by atoms with van der Waals surface area (Å²) in [5.74, 6) is 1.43. The van der Waals surface area contributed by atoms with Crippen molar-refractivity contribution in [3.05, 3.63) is 45.9 Å². The molecule has 10 heteroatoms. The Bertz CT molecular complexity index is 1170. The highest BCUT2D eigenvalue weighted by Gasteiger charge is 2.22. The number of carbonyl (C=O) groups excluding carboxylic acids is 1. The maximum absolute atomic E-state index is 12.8. The fourth-order valence-corrected chi connectivity index (χ4v) is 4.65. The summed E-state index contributed by atoms with van der Waals surface area (Å²) in [5, 5.41) is 7.98. The summed E-state index contributed by atoms with van der Waals surface area (Å²) in [4.78, 5) is 32.4. The van der Waals surface area contributed by atoms with Crippen LogP contribution >= 0.6 is 11.3 Å². The molecule has 2 aliphatic heterocycles. The van der Waals surface area contributed by atoms with Gasteiger partial charge >= 0.3 is 0 Å². The minimum atomic E-state index is -0.485. The van der Waals surface area contributed by atoms with E-state index in [0.29, 0.717) is 22.4 Å². The summed E-state index contributed by atoms with van der Waals surface area (Å²) >= 11 is 1.37. The van der Waals surface area contributed by atoms with Gasteiger partial charge in [0.1, 0.15) is 5.56 Å². The molecule has 30 heavy (non-hydrogen) atoms. The lowest BCUT2D eigenvalue weighted by Crippen LogP contribution is -2.34. The van der Waals surface area contributed by atoms with E-state index >= 15 is 0 Å². The SMILES string of the molecule is CC1CCCN(c2nn3c(=O)c(C(=O)NCc4ccc5c(c4)OCO5)cnc3s2)C1. The van der Waals surface area contributed by atoms with Crippen LogP contribution in [0.2, 0.25) is 0 Å². The number of ether oxygens (including phenoxy) is 2. The highest BCUT2D eigenvalue weighted by atomic mass is 32.1. The number of hydrogen-bond donors (Lipinski definition) is 1. The second kappa shape index (κ2) is 7.60. The minimum Gasteiger partial charge on any atom is -0.454 e. The Morgan fingerprint density at radius 2 is 2.20 bits per heavy atom. The van der Waals surface area contributed by atoms with Crippen LogP contribution in [0.15, 0.2) is 29.2 Å². The van der Waals surface area contributed by atoms with E-state index in [-0.39, 0.29) is 18.9 Å². The molecule has 0 aliphatic carbocycles. The van der Waals surface area contributed by atoms with Crippen molar-refractivity contribution in [1.29, 1.82) is 0 Å². The van der Waals surface area contributed by atoms with E-state index < -0.39 is 11.5 Å². The molecule has 0 radical (unpaired) electrons. The van der Waals surface area contributed by atoms with Gasteiger partial charge in [0.05, 0.1) is 0 Å². The van der Waals surface area contributed by atoms with Crippen LogP contribution in [0.1, 0.15) is 35.7 Å². The molecular weight excluding hydrogens is 406 g/mol. The molecule has 1 unspecified atom stereocenters. The monoisotopic (exact) mass is 427 g/mol. The van der Waals surface area contributed by atoms with Crippen LogP contribution in [-0.4, -0.2) is 40.4 Å². The van der Waals surface area contributed by atoms with Crippen LogP contribution in [0.4, 0.5) is 5.13 Å². The maximum atomic E-state index is 12.8. The van der Waals surface area contributed by atoms with Crippen molar-refractivity contribution in [3.63, 3.8) is 0 Å². The van der Waals surface area contributed by atoms with Gasteiger partial charge in [-0.1, -0.05) is 24.3 Å². The Morgan fingerprint density at radius 1 is 1.33 bits per heavy atom. The Morgan fingerprint density at radius 3 is 3.07 bits per heavy atom. The normalized spacial score (nSPS) is 18.0. The number of aromatic nitrogens is 3. The molecule has 1 saturated heterocycles. The molecule has 2 aromatic heterocycles. The molecule has 0 spiro atoms. The van der Waals surface area contributed by atoms with Gasteiger partial charge in [0.2, 0.25) is 16.9 Å². The largest absolute Gasteiger partial charge is 0.454 e. The molecule has 1 atom stereocenters. The van der Waals surface area contributed by atoms with Gasteiger partial charge in [0, 0.05) is 25.8 Å². The first kappa shape index (κ1) is 18.9. The van der Waals surface area contributed by atoms with Crippen LogP contribution in [-0.2, 0) is 6.54 Å². The molecule has 2 aliphatic rings. The molecule has 1 aromatic carbocycles. The predicted molar refractivity (Wildman–Crippen MR) is 111 cm³/mol. The van der Waals surface area contributed by atoms with Gasteiger partial charge in [0.15, 0.2) is 11.5 Å². The third kappa shape index (κ3) is 3.47. The van der Waals surface area contributed by atoms with Gasteiger partial charge < -0.3 is 19.7 Å². The van der Waals surface area contributed by atoms with Crippen LogP contribution < -0.4 is 25.2 Å². The van der Waals surface area contributed by atoms with E-state index in [0.717, 1.165) is 30.2 Å². The number of fused-ring (bicyclic) bond motifs is 2. The third-order valence-corrected chi connectivity index (χ3v) is 6.32. The first-order chi connectivity index (χ1) is 14.6. The molecule has 3 aromatic rings. The lowest BCUT2D eigenvalue weighted by Gasteiger charge is -2.30. The molecular formula is C20H21N5O4S. The zero-order chi connectivity index (χ0) is 20.7. The van der Waals surface area contributed by atoms with E-state index in [1.165, 1.54) is 28.5 Å². The van der Waals surface area contributed by atoms with Crippen LogP contribution in [0.25, 0.3) is 4.96 Å². The fourth-order valence-electron chi connectivity index (χ4n) is 3.75. The average Bonchev–Trinajstić information content (AvgIpc) is 3.39. The van der Waals surface area contributed by atoms with Crippen LogP contribution in [0.3, 0.4) is 0 Å². The number of carbonyl (C=O) groups is 1. The second-order valence-electron chi connectivity index (χ2n) is 7.62. The zero-order valence-corrected chi connectivity index (χ0v) is 17.3. The summed E-state index contributed by atoms with van der Waals surface area (Å²) in [6.45, 7) is 4.50. The number of benzene rings is 1. The molecule has 156 valence electrons. The topological polar surface area (TPSA) is 98.1 Å². The van der Waals surface area contributed by atoms with Crippen molar-refractivity contribution in [1.82, 2.24) is 19.9 Å². The quantitative estimate of drug-likeness (QED) is 0.680. The molecule has 1 fully saturated rings. The third-order valence-electron chi connectivity index (χ3n) is 5.34. The van der Waals surface area contributed by atoms with E-state index in [4.69, 9.17) is 9.47 Å². The molecule has 1 amide bonds. The molecule has 1 N–H and O–H groups in total. The highest BCUT2D eigenvalue weighted by molar-refractivity contribution is 7.20. The number of amides is 1. The first-order valence-corrected chi connectivity index (χ1v) is 10.7. The van der Waals surface area contributed by atoms with Crippen molar-refractivity contribution >= 4 is 27.3 Å². The predicted octanol–water partition coefficient (Wildman–Crippen LogP) is 2.05. The molecule has 9 nitrogen and oxygen atoms in total. The van der Waals surface area contributed by atoms with Gasteiger partial charge in [-0.3, -0.25) is 9.59 Å².